The molecule has 0 aromatic rings. The first kappa shape index (κ1) is 16.2. The summed E-state index contributed by atoms with van der Waals surface area (Å²) in [4.78, 5) is 37.0. The highest BCUT2D eigenvalue weighted by Crippen LogP contribution is 2.18. The van der Waals surface area contributed by atoms with Crippen LogP contribution in [0, 0.1) is 5.92 Å². The third kappa shape index (κ3) is 4.09. The number of carboxylic acids is 1. The highest BCUT2D eigenvalue weighted by atomic mass is 16.5. The average molecular weight is 287 g/mol. The van der Waals surface area contributed by atoms with Gasteiger partial charge in [-0.25, -0.2) is 4.79 Å². The molecule has 0 bridgehead atoms. The number of hydrogen-bond acceptors (Lipinski definition) is 4. The third-order valence-electron chi connectivity index (χ3n) is 3.30. The van der Waals surface area contributed by atoms with E-state index in [-0.39, 0.29) is 32.1 Å². The lowest BCUT2D eigenvalue weighted by Gasteiger charge is -2.26. The summed E-state index contributed by atoms with van der Waals surface area (Å²) in [5.74, 6) is -1.77. The molecule has 3 amide bonds. The third-order valence-corrected chi connectivity index (χ3v) is 3.30. The van der Waals surface area contributed by atoms with Crippen molar-refractivity contribution < 1.29 is 24.2 Å². The van der Waals surface area contributed by atoms with Gasteiger partial charge in [-0.05, 0) is 0 Å². The average Bonchev–Trinajstić information content (AvgIpc) is 2.86. The van der Waals surface area contributed by atoms with Crippen LogP contribution in [0.2, 0.25) is 0 Å². The summed E-state index contributed by atoms with van der Waals surface area (Å²) in [7, 11) is 4.81. The normalized spacial score (nSPS) is 21.4. The second-order valence-electron chi connectivity index (χ2n) is 4.93. The van der Waals surface area contributed by atoms with Crippen LogP contribution < -0.4 is 5.32 Å². The van der Waals surface area contributed by atoms with Crippen LogP contribution in [-0.4, -0.2) is 79.8 Å². The van der Waals surface area contributed by atoms with E-state index in [1.165, 1.54) is 16.8 Å². The maximum atomic E-state index is 11.9. The summed E-state index contributed by atoms with van der Waals surface area (Å²) in [6.07, 6.45) is 0.204. The van der Waals surface area contributed by atoms with Crippen molar-refractivity contribution in [3.8, 4) is 0 Å². The molecule has 2 atom stereocenters. The number of rotatable bonds is 5. The van der Waals surface area contributed by atoms with E-state index in [9.17, 15) is 14.4 Å². The molecule has 8 heteroatoms. The van der Waals surface area contributed by atoms with Crippen LogP contribution in [0.5, 0.6) is 0 Å². The zero-order valence-corrected chi connectivity index (χ0v) is 12.0. The van der Waals surface area contributed by atoms with Gasteiger partial charge in [0.1, 0.15) is 5.92 Å². The van der Waals surface area contributed by atoms with E-state index >= 15 is 0 Å². The molecule has 1 aliphatic rings. The number of ether oxygens (including phenoxy) is 1. The minimum absolute atomic E-state index is 0.0828. The van der Waals surface area contributed by atoms with Crippen molar-refractivity contribution in [2.45, 2.75) is 12.5 Å². The van der Waals surface area contributed by atoms with Crippen LogP contribution in [0.25, 0.3) is 0 Å². The van der Waals surface area contributed by atoms with Crippen molar-refractivity contribution in [2.75, 3.05) is 40.9 Å². The summed E-state index contributed by atoms with van der Waals surface area (Å²) in [5.41, 5.74) is 0. The zero-order chi connectivity index (χ0) is 15.3. The van der Waals surface area contributed by atoms with E-state index in [2.05, 4.69) is 5.32 Å². The van der Waals surface area contributed by atoms with Crippen molar-refractivity contribution in [1.82, 2.24) is 15.1 Å². The predicted octanol–water partition coefficient (Wildman–Crippen LogP) is -0.794. The van der Waals surface area contributed by atoms with E-state index < -0.39 is 24.0 Å². The highest BCUT2D eigenvalue weighted by Gasteiger charge is 2.38. The van der Waals surface area contributed by atoms with Gasteiger partial charge in [-0.3, -0.25) is 9.59 Å². The molecule has 1 heterocycles. The summed E-state index contributed by atoms with van der Waals surface area (Å²) >= 11 is 0. The Morgan fingerprint density at radius 1 is 1.25 bits per heavy atom. The molecule has 1 rings (SSSR count). The SMILES string of the molecule is CN(C)C(=O)CCNC(=O)N(C)C1COCC1C(=O)O. The Morgan fingerprint density at radius 3 is 2.45 bits per heavy atom. The Hall–Kier alpha value is -1.83. The molecule has 0 radical (unpaired) electrons. The second-order valence-corrected chi connectivity index (χ2v) is 4.93. The molecule has 2 unspecified atom stereocenters. The summed E-state index contributed by atoms with van der Waals surface area (Å²) in [6.45, 7) is 0.528. The number of amides is 3. The zero-order valence-electron chi connectivity index (χ0n) is 12.0. The van der Waals surface area contributed by atoms with E-state index in [4.69, 9.17) is 9.84 Å². The van der Waals surface area contributed by atoms with E-state index in [0.29, 0.717) is 0 Å². The number of nitrogens with one attached hydrogen (secondary N) is 1. The van der Waals surface area contributed by atoms with E-state index in [1.54, 1.807) is 14.1 Å². The van der Waals surface area contributed by atoms with Gasteiger partial charge in [-0.1, -0.05) is 0 Å². The molecule has 1 fully saturated rings. The molecular weight excluding hydrogens is 266 g/mol. The van der Waals surface area contributed by atoms with Crippen molar-refractivity contribution >= 4 is 17.9 Å². The van der Waals surface area contributed by atoms with Gasteiger partial charge in [0.15, 0.2) is 0 Å². The lowest BCUT2D eigenvalue weighted by Crippen LogP contribution is -2.48. The molecule has 20 heavy (non-hydrogen) atoms. The molecule has 0 aromatic heterocycles. The number of aliphatic carboxylic acids is 1. The summed E-state index contributed by atoms with van der Waals surface area (Å²) in [6, 6.07) is -0.893. The van der Waals surface area contributed by atoms with Gasteiger partial charge in [0.25, 0.3) is 0 Å². The number of urea groups is 1. The minimum Gasteiger partial charge on any atom is -0.481 e. The van der Waals surface area contributed by atoms with Gasteiger partial charge in [-0.15, -0.1) is 0 Å². The highest BCUT2D eigenvalue weighted by molar-refractivity contribution is 5.79. The molecular formula is C12H21N3O5. The Bertz CT molecular complexity index is 385. The maximum Gasteiger partial charge on any atom is 0.317 e. The first-order valence-corrected chi connectivity index (χ1v) is 6.36. The Kier molecular flexibility index (Phi) is 5.75. The topological polar surface area (TPSA) is 99.2 Å². The fourth-order valence-corrected chi connectivity index (χ4v) is 1.94. The first-order valence-electron chi connectivity index (χ1n) is 6.36. The number of carbonyl (C=O) groups is 3. The fourth-order valence-electron chi connectivity index (χ4n) is 1.94. The molecule has 0 aromatic carbocycles. The van der Waals surface area contributed by atoms with Crippen LogP contribution in [0.15, 0.2) is 0 Å². The van der Waals surface area contributed by atoms with Gasteiger partial charge in [0.2, 0.25) is 5.91 Å². The lowest BCUT2D eigenvalue weighted by molar-refractivity contribution is -0.142. The monoisotopic (exact) mass is 287 g/mol. The quantitative estimate of drug-likeness (QED) is 0.690. The number of likely N-dealkylation sites (N-methyl/N-ethyl adjacent to an activating group) is 1. The molecule has 1 aliphatic heterocycles. The van der Waals surface area contributed by atoms with Crippen molar-refractivity contribution in [3.05, 3.63) is 0 Å². The van der Waals surface area contributed by atoms with Gasteiger partial charge in [0.05, 0.1) is 19.3 Å². The second kappa shape index (κ2) is 7.09. The number of hydrogen-bond donors (Lipinski definition) is 2. The standard InChI is InChI=1S/C12H21N3O5/c1-14(2)10(16)4-5-13-12(19)15(3)9-7-20-6-8(9)11(17)18/h8-9H,4-7H2,1-3H3,(H,13,19)(H,17,18). The predicted molar refractivity (Wildman–Crippen MR) is 70.2 cm³/mol. The van der Waals surface area contributed by atoms with Gasteiger partial charge >= 0.3 is 12.0 Å². The maximum absolute atomic E-state index is 11.9. The fraction of sp³-hybridized carbons (Fsp3) is 0.750. The summed E-state index contributed by atoms with van der Waals surface area (Å²) in [5, 5.41) is 11.6. The lowest BCUT2D eigenvalue weighted by atomic mass is 10.0. The van der Waals surface area contributed by atoms with Crippen LogP contribution in [-0.2, 0) is 14.3 Å². The van der Waals surface area contributed by atoms with Gasteiger partial charge in [-0.2, -0.15) is 0 Å². The van der Waals surface area contributed by atoms with Gasteiger partial charge < -0.3 is 25.0 Å². The Balaban J connectivity index is 2.43. The largest absolute Gasteiger partial charge is 0.481 e. The smallest absolute Gasteiger partial charge is 0.317 e. The number of nitrogens with zero attached hydrogens (tertiary/aromatic N) is 2. The molecule has 1 saturated heterocycles. The van der Waals surface area contributed by atoms with Crippen molar-refractivity contribution in [2.24, 2.45) is 5.92 Å². The van der Waals surface area contributed by atoms with Crippen LogP contribution in [0.4, 0.5) is 4.79 Å². The van der Waals surface area contributed by atoms with Crippen molar-refractivity contribution in [1.29, 1.82) is 0 Å². The van der Waals surface area contributed by atoms with E-state index in [0.717, 1.165) is 0 Å². The molecule has 2 N–H and O–H groups in total. The number of carbonyl (C=O) groups excluding carboxylic acids is 2. The molecule has 0 aliphatic carbocycles. The summed E-state index contributed by atoms with van der Waals surface area (Å²) < 4.78 is 5.11. The number of carboxylic acid groups (broad SMARTS) is 1. The Morgan fingerprint density at radius 2 is 1.90 bits per heavy atom. The van der Waals surface area contributed by atoms with Crippen LogP contribution in [0.3, 0.4) is 0 Å². The Labute approximate surface area is 117 Å². The molecule has 8 nitrogen and oxygen atoms in total. The minimum atomic E-state index is -0.977. The molecule has 0 spiro atoms. The van der Waals surface area contributed by atoms with Crippen molar-refractivity contribution in [3.63, 3.8) is 0 Å². The first-order chi connectivity index (χ1) is 9.34. The van der Waals surface area contributed by atoms with Gasteiger partial charge in [0, 0.05) is 34.1 Å². The van der Waals surface area contributed by atoms with E-state index in [1.807, 2.05) is 0 Å². The van der Waals surface area contributed by atoms with Crippen LogP contribution in [0.1, 0.15) is 6.42 Å². The molecule has 0 saturated carbocycles. The molecule has 114 valence electrons. The van der Waals surface area contributed by atoms with Crippen LogP contribution >= 0.6 is 0 Å².